The summed E-state index contributed by atoms with van der Waals surface area (Å²) in [5, 5.41) is 3.33. The van der Waals surface area contributed by atoms with Gasteiger partial charge in [0.15, 0.2) is 0 Å². The van der Waals surface area contributed by atoms with Gasteiger partial charge < -0.3 is 37.2 Å². The molecule has 0 aromatic heterocycles. The minimum absolute atomic E-state index is 0. The fourth-order valence-electron chi connectivity index (χ4n) is 5.05. The number of allylic oxidation sites excluding steroid dienone is 4. The van der Waals surface area contributed by atoms with Crippen molar-refractivity contribution >= 4 is 18.8 Å². The Morgan fingerprint density at radius 2 is 1.34 bits per heavy atom. The summed E-state index contributed by atoms with van der Waals surface area (Å²) in [6, 6.07) is 22.6. The van der Waals surface area contributed by atoms with Gasteiger partial charge in [-0.25, -0.2) is 0 Å². The SMILES string of the molecule is C[Si](C1=CC[C]([Ti+3])=C1c1ccccc1)(c1ccccc1)C1CCCCC1.[Cl-].[Cl-].[Cl-]. The Labute approximate surface area is 207 Å². The molecule has 5 heteroatoms. The molecule has 0 heterocycles. The van der Waals surface area contributed by atoms with Gasteiger partial charge in [0, 0.05) is 0 Å². The summed E-state index contributed by atoms with van der Waals surface area (Å²) >= 11 is 2.34. The molecule has 2 aliphatic carbocycles. The molecule has 0 amide bonds. The van der Waals surface area contributed by atoms with Crippen molar-refractivity contribution in [1.82, 2.24) is 0 Å². The zero-order chi connectivity index (χ0) is 18.0. The Balaban J connectivity index is 0.00000140. The molecule has 2 aromatic carbocycles. The Kier molecular flexibility index (Phi) is 11.0. The van der Waals surface area contributed by atoms with Gasteiger partial charge in [0.05, 0.1) is 0 Å². The van der Waals surface area contributed by atoms with Crippen LogP contribution in [0.4, 0.5) is 0 Å². The molecule has 0 N–H and O–H groups in total. The van der Waals surface area contributed by atoms with Gasteiger partial charge in [-0.05, 0) is 0 Å². The molecule has 0 radical (unpaired) electrons. The summed E-state index contributed by atoms with van der Waals surface area (Å²) in [6.45, 7) is 2.66. The Hall–Kier alpha value is -0.279. The summed E-state index contributed by atoms with van der Waals surface area (Å²) in [5.41, 5.74) is 3.85. The standard InChI is InChI=1S/C24H27Si.3ClH.Ti/c1-25(21-14-7-3-8-15-21,22-16-9-4-10-17-22)24-19-11-18-23(24)20-12-5-2-6-13-20;;;;/h2-3,5-8,12-15,19,22H,4,9-11,16-17H2,1H3;3*1H;/q;;;;+3/p-3. The normalized spacial score (nSPS) is 18.7. The molecule has 2 aliphatic rings. The van der Waals surface area contributed by atoms with Crippen molar-refractivity contribution in [3.8, 4) is 0 Å². The maximum absolute atomic E-state index is 2.66. The van der Waals surface area contributed by atoms with Gasteiger partial charge in [0.25, 0.3) is 0 Å². The van der Waals surface area contributed by atoms with Crippen LogP contribution in [0.1, 0.15) is 44.1 Å². The first-order valence-corrected chi connectivity index (χ1v) is 13.3. The molecule has 152 valence electrons. The van der Waals surface area contributed by atoms with Crippen LogP contribution >= 0.6 is 0 Å². The molecule has 0 nitrogen and oxygen atoms in total. The summed E-state index contributed by atoms with van der Waals surface area (Å²) in [7, 11) is -1.78. The van der Waals surface area contributed by atoms with Crippen LogP contribution in [0.25, 0.3) is 5.57 Å². The van der Waals surface area contributed by atoms with Crippen molar-refractivity contribution in [3.05, 3.63) is 81.4 Å². The second-order valence-electron chi connectivity index (χ2n) is 7.94. The second kappa shape index (κ2) is 11.9. The van der Waals surface area contributed by atoms with Crippen LogP contribution < -0.4 is 42.4 Å². The average molecular weight is 498 g/mol. The summed E-state index contributed by atoms with van der Waals surface area (Å²) in [5.74, 6) is 0. The molecule has 0 spiro atoms. The topological polar surface area (TPSA) is 0 Å². The number of benzene rings is 2. The van der Waals surface area contributed by atoms with Crippen LogP contribution in [0.15, 0.2) is 75.8 Å². The van der Waals surface area contributed by atoms with E-state index in [1.165, 1.54) is 37.7 Å². The first-order valence-electron chi connectivity index (χ1n) is 9.98. The minimum Gasteiger partial charge on any atom is -1.00 e. The van der Waals surface area contributed by atoms with Gasteiger partial charge in [0.2, 0.25) is 0 Å². The van der Waals surface area contributed by atoms with Crippen LogP contribution in [0.5, 0.6) is 0 Å². The molecule has 4 rings (SSSR count). The maximum Gasteiger partial charge on any atom is -1.00 e. The molecular formula is C24H27Cl3SiTi. The third-order valence-electron chi connectivity index (χ3n) is 6.50. The largest absolute Gasteiger partial charge is 1.00 e. The zero-order valence-corrected chi connectivity index (χ0v) is 21.6. The van der Waals surface area contributed by atoms with Gasteiger partial charge in [-0.3, -0.25) is 0 Å². The van der Waals surface area contributed by atoms with E-state index >= 15 is 0 Å². The first-order chi connectivity index (χ1) is 12.7. The predicted octanol–water partition coefficient (Wildman–Crippen LogP) is -2.85. The van der Waals surface area contributed by atoms with Gasteiger partial charge in [0.1, 0.15) is 0 Å². The van der Waals surface area contributed by atoms with E-state index in [-0.39, 0.29) is 37.2 Å². The van der Waals surface area contributed by atoms with Crippen LogP contribution in [-0.4, -0.2) is 8.07 Å². The Bertz CT molecular complexity index is 830. The maximum atomic E-state index is 2.66. The Morgan fingerprint density at radius 1 is 0.793 bits per heavy atom. The number of hydrogen-bond acceptors (Lipinski definition) is 0. The third-order valence-corrected chi connectivity index (χ3v) is 12.5. The smallest absolute Gasteiger partial charge is 1.00 e. The molecular weight excluding hydrogens is 471 g/mol. The molecule has 0 bridgehead atoms. The van der Waals surface area contributed by atoms with Crippen molar-refractivity contribution in [2.45, 2.75) is 50.6 Å². The monoisotopic (exact) mass is 496 g/mol. The van der Waals surface area contributed by atoms with Crippen molar-refractivity contribution in [3.63, 3.8) is 0 Å². The zero-order valence-electron chi connectivity index (χ0n) is 16.8. The second-order valence-corrected chi connectivity index (χ2v) is 13.2. The van der Waals surface area contributed by atoms with Crippen LogP contribution in [-0.2, 0) is 20.4 Å². The van der Waals surface area contributed by atoms with Crippen molar-refractivity contribution in [1.29, 1.82) is 0 Å². The molecule has 1 saturated carbocycles. The molecule has 1 unspecified atom stereocenters. The van der Waals surface area contributed by atoms with Gasteiger partial charge in [-0.15, -0.1) is 0 Å². The van der Waals surface area contributed by atoms with E-state index in [9.17, 15) is 0 Å². The van der Waals surface area contributed by atoms with Gasteiger partial charge in [-0.1, -0.05) is 0 Å². The fourth-order valence-corrected chi connectivity index (χ4v) is 10.9. The number of halogens is 3. The fraction of sp³-hybridized carbons (Fsp3) is 0.333. The summed E-state index contributed by atoms with van der Waals surface area (Å²) in [6.07, 6.45) is 10.8. The van der Waals surface area contributed by atoms with Crippen molar-refractivity contribution in [2.75, 3.05) is 0 Å². The van der Waals surface area contributed by atoms with E-state index in [0.29, 0.717) is 0 Å². The summed E-state index contributed by atoms with van der Waals surface area (Å²) in [4.78, 5) is 0. The van der Waals surface area contributed by atoms with Crippen LogP contribution in [0, 0.1) is 0 Å². The third kappa shape index (κ3) is 5.32. The van der Waals surface area contributed by atoms with E-state index in [1.54, 1.807) is 19.8 Å². The van der Waals surface area contributed by atoms with Crippen molar-refractivity contribution in [2.24, 2.45) is 0 Å². The van der Waals surface area contributed by atoms with Crippen LogP contribution in [0.2, 0.25) is 12.1 Å². The number of hydrogen-bond donors (Lipinski definition) is 0. The molecule has 1 fully saturated rings. The quantitative estimate of drug-likeness (QED) is 0.399. The van der Waals surface area contributed by atoms with Gasteiger partial charge in [-0.2, -0.15) is 0 Å². The van der Waals surface area contributed by atoms with Crippen LogP contribution in [0.3, 0.4) is 0 Å². The van der Waals surface area contributed by atoms with Gasteiger partial charge >= 0.3 is 171 Å². The van der Waals surface area contributed by atoms with E-state index < -0.39 is 8.07 Å². The van der Waals surface area contributed by atoms with Crippen molar-refractivity contribution < 1.29 is 57.7 Å². The molecule has 0 saturated heterocycles. The van der Waals surface area contributed by atoms with E-state index in [0.717, 1.165) is 12.0 Å². The minimum atomic E-state index is -1.78. The van der Waals surface area contributed by atoms with E-state index in [4.69, 9.17) is 0 Å². The number of rotatable bonds is 4. The first kappa shape index (κ1) is 26.8. The molecule has 29 heavy (non-hydrogen) atoms. The molecule has 0 aliphatic heterocycles. The Morgan fingerprint density at radius 3 is 1.93 bits per heavy atom. The summed E-state index contributed by atoms with van der Waals surface area (Å²) < 4.78 is 1.55. The van der Waals surface area contributed by atoms with E-state index in [1.807, 2.05) is 0 Å². The average Bonchev–Trinajstić information content (AvgIpc) is 3.11. The van der Waals surface area contributed by atoms with E-state index in [2.05, 4.69) is 93.7 Å². The predicted molar refractivity (Wildman–Crippen MR) is 111 cm³/mol. The molecule has 1 atom stereocenters. The molecule has 2 aromatic rings.